The smallest absolute Gasteiger partial charge is 0.288 e. The lowest BCUT2D eigenvalue weighted by molar-refractivity contribution is -0.134. The van der Waals surface area contributed by atoms with Gasteiger partial charge in [0.25, 0.3) is 11.8 Å². The Labute approximate surface area is 139 Å². The molecule has 0 spiro atoms. The number of urea groups is 1. The van der Waals surface area contributed by atoms with E-state index in [-0.39, 0.29) is 11.5 Å². The van der Waals surface area contributed by atoms with Crippen molar-refractivity contribution in [2.45, 2.75) is 6.92 Å². The first kappa shape index (κ1) is 17.1. The van der Waals surface area contributed by atoms with Gasteiger partial charge in [0.05, 0.1) is 0 Å². The van der Waals surface area contributed by atoms with Crippen molar-refractivity contribution >= 4 is 29.4 Å². The zero-order valence-electron chi connectivity index (χ0n) is 13.6. The SMILES string of the molecule is CC(=O)N(C=CC=C1C(=O)N(C)C(=O)N(C)C1=O)c1ccccc1. The molecule has 0 unspecified atom stereocenters. The number of benzene rings is 1. The minimum atomic E-state index is -0.680. The van der Waals surface area contributed by atoms with Crippen LogP contribution in [0.15, 0.2) is 54.3 Å². The summed E-state index contributed by atoms with van der Waals surface area (Å²) in [5.74, 6) is -1.58. The Morgan fingerprint density at radius 1 is 1.00 bits per heavy atom. The fourth-order valence-electron chi connectivity index (χ4n) is 2.18. The summed E-state index contributed by atoms with van der Waals surface area (Å²) >= 11 is 0. The Morgan fingerprint density at radius 3 is 2.04 bits per heavy atom. The second-order valence-corrected chi connectivity index (χ2v) is 5.16. The van der Waals surface area contributed by atoms with Crippen LogP contribution >= 0.6 is 0 Å². The molecule has 1 aromatic rings. The van der Waals surface area contributed by atoms with Crippen molar-refractivity contribution in [1.29, 1.82) is 0 Å². The molecule has 0 atom stereocenters. The van der Waals surface area contributed by atoms with Crippen molar-refractivity contribution in [3.63, 3.8) is 0 Å². The lowest BCUT2D eigenvalue weighted by Crippen LogP contribution is -2.53. The molecule has 0 aromatic heterocycles. The van der Waals surface area contributed by atoms with Crippen molar-refractivity contribution in [2.75, 3.05) is 19.0 Å². The first-order valence-corrected chi connectivity index (χ1v) is 7.18. The topological polar surface area (TPSA) is 78.0 Å². The molecular weight excluding hydrogens is 310 g/mol. The first-order valence-electron chi connectivity index (χ1n) is 7.18. The van der Waals surface area contributed by atoms with Crippen LogP contribution in [0.25, 0.3) is 0 Å². The molecule has 1 aliphatic heterocycles. The van der Waals surface area contributed by atoms with Crippen LogP contribution in [0.4, 0.5) is 10.5 Å². The predicted molar refractivity (Wildman–Crippen MR) is 87.8 cm³/mol. The fourth-order valence-corrected chi connectivity index (χ4v) is 2.18. The highest BCUT2D eigenvalue weighted by atomic mass is 16.2. The zero-order chi connectivity index (χ0) is 17.9. The Hall–Kier alpha value is -3.22. The van der Waals surface area contributed by atoms with Crippen molar-refractivity contribution in [1.82, 2.24) is 9.80 Å². The van der Waals surface area contributed by atoms with E-state index in [2.05, 4.69) is 0 Å². The van der Waals surface area contributed by atoms with Gasteiger partial charge in [0.1, 0.15) is 5.57 Å². The fraction of sp³-hybridized carbons (Fsp3) is 0.176. The van der Waals surface area contributed by atoms with Gasteiger partial charge in [-0.2, -0.15) is 0 Å². The van der Waals surface area contributed by atoms with Crippen LogP contribution in [-0.4, -0.2) is 47.6 Å². The third-order valence-electron chi connectivity index (χ3n) is 3.52. The van der Waals surface area contributed by atoms with Gasteiger partial charge in [-0.05, 0) is 24.3 Å². The van der Waals surface area contributed by atoms with E-state index in [4.69, 9.17) is 0 Å². The molecule has 5 amide bonds. The van der Waals surface area contributed by atoms with Crippen LogP contribution in [-0.2, 0) is 14.4 Å². The third kappa shape index (κ3) is 3.24. The second kappa shape index (κ2) is 6.91. The molecular formula is C17H17N3O4. The molecule has 2 rings (SSSR count). The predicted octanol–water partition coefficient (Wildman–Crippen LogP) is 1.53. The maximum Gasteiger partial charge on any atom is 0.333 e. The van der Waals surface area contributed by atoms with Gasteiger partial charge in [0.2, 0.25) is 5.91 Å². The van der Waals surface area contributed by atoms with Gasteiger partial charge in [-0.25, -0.2) is 4.79 Å². The van der Waals surface area contributed by atoms with E-state index in [1.54, 1.807) is 24.3 Å². The summed E-state index contributed by atoms with van der Waals surface area (Å²) in [5, 5.41) is 0. The lowest BCUT2D eigenvalue weighted by atomic mass is 10.1. The number of rotatable bonds is 3. The number of para-hydroxylation sites is 1. The van der Waals surface area contributed by atoms with Gasteiger partial charge < -0.3 is 0 Å². The van der Waals surface area contributed by atoms with Gasteiger partial charge in [-0.15, -0.1) is 0 Å². The van der Waals surface area contributed by atoms with Crippen LogP contribution in [0.2, 0.25) is 0 Å². The maximum absolute atomic E-state index is 12.0. The molecule has 0 bridgehead atoms. The number of barbiturate groups is 1. The van der Waals surface area contributed by atoms with Gasteiger partial charge in [0.15, 0.2) is 0 Å². The van der Waals surface area contributed by atoms with Crippen LogP contribution in [0.1, 0.15) is 6.92 Å². The molecule has 7 heteroatoms. The molecule has 1 heterocycles. The molecule has 0 saturated carbocycles. The van der Waals surface area contributed by atoms with Gasteiger partial charge in [-0.1, -0.05) is 18.2 Å². The molecule has 0 N–H and O–H groups in total. The van der Waals surface area contributed by atoms with Crippen molar-refractivity contribution in [3.05, 3.63) is 54.3 Å². The van der Waals surface area contributed by atoms with Gasteiger partial charge in [0, 0.05) is 32.9 Å². The molecule has 0 radical (unpaired) electrons. The minimum absolute atomic E-state index is 0.146. The van der Waals surface area contributed by atoms with Gasteiger partial charge >= 0.3 is 6.03 Å². The van der Waals surface area contributed by atoms with Crippen molar-refractivity contribution in [3.8, 4) is 0 Å². The number of hydrogen-bond donors (Lipinski definition) is 0. The molecule has 1 aromatic carbocycles. The number of hydrogen-bond acceptors (Lipinski definition) is 4. The average molecular weight is 327 g/mol. The number of anilines is 1. The van der Waals surface area contributed by atoms with Gasteiger partial charge in [-0.3, -0.25) is 29.1 Å². The van der Waals surface area contributed by atoms with Crippen LogP contribution in [0, 0.1) is 0 Å². The van der Waals surface area contributed by atoms with Crippen LogP contribution < -0.4 is 4.90 Å². The summed E-state index contributed by atoms with van der Waals surface area (Å²) in [6.07, 6.45) is 4.18. The van der Waals surface area contributed by atoms with E-state index >= 15 is 0 Å². The molecule has 1 aliphatic rings. The highest BCUT2D eigenvalue weighted by molar-refractivity contribution is 6.28. The van der Waals surface area contributed by atoms with Crippen molar-refractivity contribution < 1.29 is 19.2 Å². The number of nitrogens with zero attached hydrogens (tertiary/aromatic N) is 3. The Balaban J connectivity index is 2.28. The summed E-state index contributed by atoms with van der Waals surface area (Å²) in [4.78, 5) is 50.6. The van der Waals surface area contributed by atoms with E-state index in [0.717, 1.165) is 9.80 Å². The Kier molecular flexibility index (Phi) is 4.93. The zero-order valence-corrected chi connectivity index (χ0v) is 13.6. The Bertz CT molecular complexity index is 726. The summed E-state index contributed by atoms with van der Waals surface area (Å²) < 4.78 is 0. The number of carbonyl (C=O) groups is 4. The summed E-state index contributed by atoms with van der Waals surface area (Å²) in [5.41, 5.74) is 0.512. The van der Waals surface area contributed by atoms with E-state index in [1.165, 1.54) is 44.3 Å². The maximum atomic E-state index is 12.0. The lowest BCUT2D eigenvalue weighted by Gasteiger charge is -2.28. The summed E-state index contributed by atoms with van der Waals surface area (Å²) in [6, 6.07) is 8.25. The highest BCUT2D eigenvalue weighted by Crippen LogP contribution is 2.16. The number of amides is 5. The van der Waals surface area contributed by atoms with E-state index in [9.17, 15) is 19.2 Å². The summed E-state index contributed by atoms with van der Waals surface area (Å²) in [7, 11) is 2.61. The second-order valence-electron chi connectivity index (χ2n) is 5.16. The Morgan fingerprint density at radius 2 is 1.54 bits per heavy atom. The third-order valence-corrected chi connectivity index (χ3v) is 3.52. The quantitative estimate of drug-likeness (QED) is 0.623. The monoisotopic (exact) mass is 327 g/mol. The van der Waals surface area contributed by atoms with E-state index < -0.39 is 17.8 Å². The van der Waals surface area contributed by atoms with Crippen LogP contribution in [0.5, 0.6) is 0 Å². The molecule has 1 saturated heterocycles. The normalized spacial score (nSPS) is 15.3. The van der Waals surface area contributed by atoms with Crippen LogP contribution in [0.3, 0.4) is 0 Å². The largest absolute Gasteiger partial charge is 0.333 e. The molecule has 24 heavy (non-hydrogen) atoms. The average Bonchev–Trinajstić information content (AvgIpc) is 2.58. The number of likely N-dealkylation sites (N-methyl/N-ethyl adjacent to an activating group) is 2. The number of carbonyl (C=O) groups excluding carboxylic acids is 4. The van der Waals surface area contributed by atoms with Crippen molar-refractivity contribution in [2.24, 2.45) is 0 Å². The highest BCUT2D eigenvalue weighted by Gasteiger charge is 2.37. The minimum Gasteiger partial charge on any atom is -0.288 e. The molecule has 0 aliphatic carbocycles. The molecule has 1 fully saturated rings. The van der Waals surface area contributed by atoms with E-state index in [1.807, 2.05) is 6.07 Å². The summed E-state index contributed by atoms with van der Waals surface area (Å²) in [6.45, 7) is 1.40. The number of allylic oxidation sites excluding steroid dienone is 2. The van der Waals surface area contributed by atoms with E-state index in [0.29, 0.717) is 5.69 Å². The first-order chi connectivity index (χ1) is 11.3. The molecule has 124 valence electrons. The molecule has 7 nitrogen and oxygen atoms in total. The number of imide groups is 2. The standard InChI is InChI=1S/C17H17N3O4/c1-12(21)20(13-8-5-4-6-9-13)11-7-10-14-15(22)18(2)17(24)19(3)16(14)23/h4-11H,1-3H3.